The number of carbonyl (C=O) groups is 2. The average molecular weight is 418 g/mol. The van der Waals surface area contributed by atoms with Crippen LogP contribution in [0.4, 0.5) is 0 Å². The third-order valence-corrected chi connectivity index (χ3v) is 4.21. The van der Waals surface area contributed by atoms with Crippen LogP contribution in [0.3, 0.4) is 0 Å². The maximum atomic E-state index is 11.1. The Labute approximate surface area is 138 Å². The third-order valence-electron chi connectivity index (χ3n) is 2.91. The second-order valence-electron chi connectivity index (χ2n) is 4.57. The van der Waals surface area contributed by atoms with Crippen molar-refractivity contribution in [1.82, 2.24) is 10.3 Å². The summed E-state index contributed by atoms with van der Waals surface area (Å²) >= 11 is 6.87. The molecule has 0 bridgehead atoms. The van der Waals surface area contributed by atoms with Crippen LogP contribution in [0.1, 0.15) is 19.4 Å². The minimum absolute atomic E-state index is 0.0608. The molecule has 0 aliphatic heterocycles. The molecule has 0 unspecified atom stereocenters. The van der Waals surface area contributed by atoms with Gasteiger partial charge in [-0.25, -0.2) is 0 Å². The number of aromatic nitrogens is 1. The Hall–Kier alpha value is -1.34. The van der Waals surface area contributed by atoms with Crippen LogP contribution in [-0.4, -0.2) is 23.4 Å². The Morgan fingerprint density at radius 2 is 2.00 bits per heavy atom. The molecule has 0 atom stereocenters. The summed E-state index contributed by atoms with van der Waals surface area (Å²) in [6, 6.07) is 3.67. The van der Waals surface area contributed by atoms with Crippen LogP contribution in [0.2, 0.25) is 0 Å². The van der Waals surface area contributed by atoms with Gasteiger partial charge in [-0.2, -0.15) is 0 Å². The van der Waals surface area contributed by atoms with Crippen molar-refractivity contribution in [3.63, 3.8) is 0 Å². The maximum absolute atomic E-state index is 11.1. The zero-order valence-electron chi connectivity index (χ0n) is 11.5. The van der Waals surface area contributed by atoms with Gasteiger partial charge in [0.15, 0.2) is 0 Å². The van der Waals surface area contributed by atoms with Crippen LogP contribution in [0.15, 0.2) is 21.2 Å². The second-order valence-corrected chi connectivity index (χ2v) is 6.22. The highest BCUT2D eigenvalue weighted by atomic mass is 79.9. The van der Waals surface area contributed by atoms with Crippen molar-refractivity contribution >= 4 is 54.6 Å². The van der Waals surface area contributed by atoms with Crippen LogP contribution < -0.4 is 10.1 Å². The van der Waals surface area contributed by atoms with Crippen molar-refractivity contribution in [2.45, 2.75) is 20.3 Å². The molecule has 2 aromatic rings. The van der Waals surface area contributed by atoms with Gasteiger partial charge in [0, 0.05) is 31.3 Å². The lowest BCUT2D eigenvalue weighted by atomic mass is 10.1. The molecule has 5 nitrogen and oxygen atoms in total. The van der Waals surface area contributed by atoms with Crippen molar-refractivity contribution in [3.05, 3.63) is 26.8 Å². The molecular weight excluding hydrogens is 404 g/mol. The van der Waals surface area contributed by atoms with E-state index in [1.54, 1.807) is 0 Å². The van der Waals surface area contributed by atoms with E-state index >= 15 is 0 Å². The molecule has 2 rings (SSSR count). The summed E-state index contributed by atoms with van der Waals surface area (Å²) in [5.74, 6) is 0.0426. The van der Waals surface area contributed by atoms with Crippen molar-refractivity contribution in [2.24, 2.45) is 0 Å². The first-order valence-corrected chi connectivity index (χ1v) is 7.89. The van der Waals surface area contributed by atoms with Gasteiger partial charge >= 0.3 is 5.97 Å². The Morgan fingerprint density at radius 1 is 1.29 bits per heavy atom. The van der Waals surface area contributed by atoms with E-state index in [9.17, 15) is 9.59 Å². The Kier molecular flexibility index (Phi) is 5.05. The van der Waals surface area contributed by atoms with Gasteiger partial charge in [0.1, 0.15) is 5.75 Å². The Morgan fingerprint density at radius 3 is 2.62 bits per heavy atom. The molecule has 7 heteroatoms. The summed E-state index contributed by atoms with van der Waals surface area (Å²) in [6.07, 6.45) is 0.668. The van der Waals surface area contributed by atoms with E-state index in [0.717, 1.165) is 21.1 Å². The van der Waals surface area contributed by atoms with Crippen molar-refractivity contribution in [2.75, 3.05) is 6.54 Å². The minimum atomic E-state index is -0.371. The molecule has 1 heterocycles. The summed E-state index contributed by atoms with van der Waals surface area (Å²) in [6.45, 7) is 3.39. The number of H-pyrrole nitrogens is 1. The number of nitrogens with one attached hydrogen (secondary N) is 2. The first-order chi connectivity index (χ1) is 9.88. The molecule has 0 radical (unpaired) electrons. The Bertz CT molecular complexity index is 710. The summed E-state index contributed by atoms with van der Waals surface area (Å²) < 4.78 is 6.73. The zero-order chi connectivity index (χ0) is 15.6. The number of hydrogen-bond acceptors (Lipinski definition) is 3. The maximum Gasteiger partial charge on any atom is 0.308 e. The van der Waals surface area contributed by atoms with Gasteiger partial charge in [0.25, 0.3) is 0 Å². The number of ether oxygens (including phenoxy) is 1. The molecule has 0 aliphatic carbocycles. The van der Waals surface area contributed by atoms with Crippen molar-refractivity contribution in [3.8, 4) is 5.75 Å². The van der Waals surface area contributed by atoms with Gasteiger partial charge in [-0.3, -0.25) is 9.59 Å². The molecule has 0 spiro atoms. The van der Waals surface area contributed by atoms with E-state index in [1.807, 2.05) is 12.1 Å². The molecule has 112 valence electrons. The van der Waals surface area contributed by atoms with E-state index in [2.05, 4.69) is 42.2 Å². The fourth-order valence-electron chi connectivity index (χ4n) is 2.06. The van der Waals surface area contributed by atoms with Crippen LogP contribution in [-0.2, 0) is 16.0 Å². The highest BCUT2D eigenvalue weighted by Gasteiger charge is 2.14. The van der Waals surface area contributed by atoms with E-state index in [-0.39, 0.29) is 11.9 Å². The zero-order valence-corrected chi connectivity index (χ0v) is 14.7. The molecule has 0 saturated carbocycles. The van der Waals surface area contributed by atoms with Gasteiger partial charge in [0.2, 0.25) is 5.91 Å². The van der Waals surface area contributed by atoms with Gasteiger partial charge in [-0.05, 0) is 56.0 Å². The van der Waals surface area contributed by atoms with E-state index in [4.69, 9.17) is 4.74 Å². The van der Waals surface area contributed by atoms with Gasteiger partial charge < -0.3 is 15.0 Å². The molecule has 0 saturated heterocycles. The molecule has 1 aromatic heterocycles. The van der Waals surface area contributed by atoms with Crippen LogP contribution in [0.25, 0.3) is 10.9 Å². The lowest BCUT2D eigenvalue weighted by molar-refractivity contribution is -0.132. The molecule has 1 aromatic carbocycles. The van der Waals surface area contributed by atoms with Crippen molar-refractivity contribution in [1.29, 1.82) is 0 Å². The van der Waals surface area contributed by atoms with E-state index < -0.39 is 0 Å². The normalized spacial score (nSPS) is 10.7. The average Bonchev–Trinajstić information content (AvgIpc) is 2.65. The standard InChI is InChI=1S/C14H14Br2N2O3/c1-7(19)17-4-3-9-10-5-13(21-8(2)20)11(15)6-12(10)18-14(9)16/h5-6,18H,3-4H2,1-2H3,(H,17,19). The van der Waals surface area contributed by atoms with Crippen molar-refractivity contribution < 1.29 is 14.3 Å². The lowest BCUT2D eigenvalue weighted by Gasteiger charge is -2.06. The first-order valence-electron chi connectivity index (χ1n) is 6.31. The molecule has 0 aliphatic rings. The summed E-state index contributed by atoms with van der Waals surface area (Å²) in [4.78, 5) is 25.3. The largest absolute Gasteiger partial charge is 0.425 e. The van der Waals surface area contributed by atoms with Gasteiger partial charge in [-0.15, -0.1) is 0 Å². The van der Waals surface area contributed by atoms with Crippen LogP contribution >= 0.6 is 31.9 Å². The highest BCUT2D eigenvalue weighted by molar-refractivity contribution is 9.10. The van der Waals surface area contributed by atoms with E-state index in [1.165, 1.54) is 13.8 Å². The number of amides is 1. The first kappa shape index (κ1) is 16.0. The number of benzene rings is 1. The predicted octanol–water partition coefficient (Wildman–Crippen LogP) is 3.30. The lowest BCUT2D eigenvalue weighted by Crippen LogP contribution is -2.22. The fraction of sp³-hybridized carbons (Fsp3) is 0.286. The van der Waals surface area contributed by atoms with Gasteiger partial charge in [-0.1, -0.05) is 0 Å². The minimum Gasteiger partial charge on any atom is -0.425 e. The Balaban J connectivity index is 2.38. The number of rotatable bonds is 4. The topological polar surface area (TPSA) is 71.2 Å². The predicted molar refractivity (Wildman–Crippen MR) is 87.4 cm³/mol. The SMILES string of the molecule is CC(=O)NCCc1c(Br)[nH]c2cc(Br)c(OC(C)=O)cc12. The van der Waals surface area contributed by atoms with Gasteiger partial charge in [0.05, 0.1) is 9.08 Å². The number of fused-ring (bicyclic) bond motifs is 1. The molecule has 0 fully saturated rings. The molecule has 2 N–H and O–H groups in total. The van der Waals surface area contributed by atoms with Crippen LogP contribution in [0, 0.1) is 0 Å². The summed E-state index contributed by atoms with van der Waals surface area (Å²) in [7, 11) is 0. The number of hydrogen-bond donors (Lipinski definition) is 2. The highest BCUT2D eigenvalue weighted by Crippen LogP contribution is 2.35. The molecule has 1 amide bonds. The number of aromatic amines is 1. The fourth-order valence-corrected chi connectivity index (χ4v) is 3.11. The smallest absolute Gasteiger partial charge is 0.308 e. The summed E-state index contributed by atoms with van der Waals surface area (Å²) in [5, 5.41) is 3.72. The molecular formula is C14H14Br2N2O3. The summed E-state index contributed by atoms with van der Waals surface area (Å²) in [5.41, 5.74) is 1.95. The monoisotopic (exact) mass is 416 g/mol. The third kappa shape index (κ3) is 3.85. The number of carbonyl (C=O) groups excluding carboxylic acids is 2. The quantitative estimate of drug-likeness (QED) is 0.592. The number of esters is 1. The second kappa shape index (κ2) is 6.62. The number of halogens is 2. The molecule has 21 heavy (non-hydrogen) atoms. The van der Waals surface area contributed by atoms with Crippen LogP contribution in [0.5, 0.6) is 5.75 Å². The van der Waals surface area contributed by atoms with E-state index in [0.29, 0.717) is 23.2 Å².